The van der Waals surface area contributed by atoms with E-state index in [1.807, 2.05) is 19.9 Å². The fraction of sp³-hybridized carbons (Fsp3) is 0.750. The van der Waals surface area contributed by atoms with Gasteiger partial charge in [0.15, 0.2) is 0 Å². The van der Waals surface area contributed by atoms with Gasteiger partial charge in [0.2, 0.25) is 0 Å². The lowest BCUT2D eigenvalue weighted by atomic mass is 10.0. The van der Waals surface area contributed by atoms with Crippen molar-refractivity contribution in [3.8, 4) is 0 Å². The van der Waals surface area contributed by atoms with Crippen LogP contribution in [0, 0.1) is 0 Å². The molecule has 2 N–H and O–H groups in total. The van der Waals surface area contributed by atoms with Gasteiger partial charge >= 0.3 is 5.30 Å². The van der Waals surface area contributed by atoms with E-state index in [1.54, 1.807) is 0 Å². The maximum Gasteiger partial charge on any atom is 0.368 e. The molecule has 0 heterocycles. The highest BCUT2D eigenvalue weighted by atomic mass is 32.2. The highest BCUT2D eigenvalue weighted by molar-refractivity contribution is 8.13. The zero-order chi connectivity index (χ0) is 12.0. The Morgan fingerprint density at radius 1 is 1.44 bits per heavy atom. The Morgan fingerprint density at radius 3 is 2.88 bits per heavy atom. The molecule has 0 radical (unpaired) electrons. The van der Waals surface area contributed by atoms with Crippen molar-refractivity contribution in [1.82, 2.24) is 0 Å². The van der Waals surface area contributed by atoms with Crippen LogP contribution in [0.25, 0.3) is 0 Å². The van der Waals surface area contributed by atoms with Crippen molar-refractivity contribution >= 4 is 17.1 Å². The van der Waals surface area contributed by atoms with Crippen LogP contribution in [0.5, 0.6) is 0 Å². The van der Waals surface area contributed by atoms with E-state index in [0.717, 1.165) is 25.7 Å². The Hall–Kier alpha value is -0.480. The van der Waals surface area contributed by atoms with E-state index >= 15 is 0 Å². The largest absolute Gasteiger partial charge is 0.450 e. The molecule has 0 aromatic heterocycles. The predicted octanol–water partition coefficient (Wildman–Crippen LogP) is 3.09. The van der Waals surface area contributed by atoms with Gasteiger partial charge in [0.1, 0.15) is 6.10 Å². The third-order valence-electron chi connectivity index (χ3n) is 2.46. The molecule has 0 fully saturated rings. The quantitative estimate of drug-likeness (QED) is 0.598. The predicted molar refractivity (Wildman–Crippen MR) is 68.6 cm³/mol. The molecule has 92 valence electrons. The molecule has 0 saturated carbocycles. The number of hydrogen-bond acceptors (Lipinski definition) is 4. The zero-order valence-electron chi connectivity index (χ0n) is 10.0. The maximum absolute atomic E-state index is 11.5. The van der Waals surface area contributed by atoms with E-state index < -0.39 is 0 Å². The van der Waals surface area contributed by atoms with Gasteiger partial charge in [0, 0.05) is 11.3 Å². The summed E-state index contributed by atoms with van der Waals surface area (Å²) in [5.74, 6) is 0. The van der Waals surface area contributed by atoms with Gasteiger partial charge < -0.3 is 10.5 Å². The van der Waals surface area contributed by atoms with E-state index in [4.69, 9.17) is 10.5 Å². The maximum atomic E-state index is 11.5. The van der Waals surface area contributed by atoms with Crippen molar-refractivity contribution in [2.75, 3.05) is 0 Å². The summed E-state index contributed by atoms with van der Waals surface area (Å²) >= 11 is 1.23. The third kappa shape index (κ3) is 5.56. The monoisotopic (exact) mass is 243 g/mol. The van der Waals surface area contributed by atoms with Gasteiger partial charge in [-0.05, 0) is 43.5 Å². The lowest BCUT2D eigenvalue weighted by Crippen LogP contribution is -2.24. The molecule has 1 aliphatic carbocycles. The summed E-state index contributed by atoms with van der Waals surface area (Å²) in [5.41, 5.74) is 5.90. The summed E-state index contributed by atoms with van der Waals surface area (Å²) in [5, 5.41) is 0.0890. The Kier molecular flexibility index (Phi) is 5.91. The molecule has 1 rings (SSSR count). The van der Waals surface area contributed by atoms with Crippen LogP contribution in [-0.2, 0) is 4.74 Å². The van der Waals surface area contributed by atoms with Gasteiger partial charge in [-0.15, -0.1) is 0 Å². The Morgan fingerprint density at radius 2 is 2.19 bits per heavy atom. The highest BCUT2D eigenvalue weighted by Crippen LogP contribution is 2.19. The summed E-state index contributed by atoms with van der Waals surface area (Å²) in [6, 6.07) is 0.240. The van der Waals surface area contributed by atoms with E-state index in [2.05, 4.69) is 6.08 Å². The highest BCUT2D eigenvalue weighted by Gasteiger charge is 2.16. The fourth-order valence-corrected chi connectivity index (χ4v) is 2.18. The lowest BCUT2D eigenvalue weighted by molar-refractivity contribution is 0.138. The molecule has 0 saturated heterocycles. The van der Waals surface area contributed by atoms with Crippen LogP contribution >= 0.6 is 11.8 Å². The average molecular weight is 243 g/mol. The van der Waals surface area contributed by atoms with E-state index in [0.29, 0.717) is 0 Å². The first-order valence-electron chi connectivity index (χ1n) is 5.87. The van der Waals surface area contributed by atoms with E-state index in [-0.39, 0.29) is 22.7 Å². The van der Waals surface area contributed by atoms with Gasteiger partial charge in [-0.1, -0.05) is 19.9 Å². The zero-order valence-corrected chi connectivity index (χ0v) is 10.8. The number of carbonyl (C=O) groups excluding carboxylic acids is 1. The lowest BCUT2D eigenvalue weighted by Gasteiger charge is -2.19. The summed E-state index contributed by atoms with van der Waals surface area (Å²) in [7, 11) is 0. The first kappa shape index (κ1) is 13.6. The molecule has 0 aromatic carbocycles. The molecule has 3 nitrogen and oxygen atoms in total. The third-order valence-corrected chi connectivity index (χ3v) is 3.22. The molecule has 16 heavy (non-hydrogen) atoms. The number of rotatable bonds is 2. The molecular weight excluding hydrogens is 222 g/mol. The van der Waals surface area contributed by atoms with Gasteiger partial charge in [-0.3, -0.25) is 0 Å². The molecule has 0 aromatic rings. The first-order valence-corrected chi connectivity index (χ1v) is 6.75. The van der Waals surface area contributed by atoms with Crippen molar-refractivity contribution in [2.45, 2.75) is 56.9 Å². The summed E-state index contributed by atoms with van der Waals surface area (Å²) in [4.78, 5) is 11.5. The Labute approximate surface area is 102 Å². The minimum Gasteiger partial charge on any atom is -0.450 e. The van der Waals surface area contributed by atoms with Crippen LogP contribution in [0.15, 0.2) is 12.2 Å². The number of ether oxygens (including phenoxy) is 1. The van der Waals surface area contributed by atoms with Gasteiger partial charge in [0.25, 0.3) is 0 Å². The smallest absolute Gasteiger partial charge is 0.368 e. The van der Waals surface area contributed by atoms with Crippen molar-refractivity contribution in [3.05, 3.63) is 12.2 Å². The SMILES string of the molecule is CC(C)SC(=O)OC1/C=C/CCC(N)CC1. The van der Waals surface area contributed by atoms with E-state index in [9.17, 15) is 4.79 Å². The second-order valence-electron chi connectivity index (χ2n) is 4.42. The molecule has 4 heteroatoms. The van der Waals surface area contributed by atoms with Crippen molar-refractivity contribution in [1.29, 1.82) is 0 Å². The molecule has 0 bridgehead atoms. The van der Waals surface area contributed by atoms with Crippen molar-refractivity contribution in [3.63, 3.8) is 0 Å². The van der Waals surface area contributed by atoms with Gasteiger partial charge in [-0.2, -0.15) is 0 Å². The van der Waals surface area contributed by atoms with Crippen molar-refractivity contribution < 1.29 is 9.53 Å². The number of carbonyl (C=O) groups is 1. The summed E-state index contributed by atoms with van der Waals surface area (Å²) in [6.07, 6.45) is 7.73. The van der Waals surface area contributed by atoms with Crippen LogP contribution in [0.1, 0.15) is 39.5 Å². The number of allylic oxidation sites excluding steroid dienone is 1. The summed E-state index contributed by atoms with van der Waals surface area (Å²) in [6.45, 7) is 3.96. The molecule has 2 unspecified atom stereocenters. The number of thioether (sulfide) groups is 1. The second kappa shape index (κ2) is 6.97. The molecule has 0 amide bonds. The topological polar surface area (TPSA) is 52.3 Å². The summed E-state index contributed by atoms with van der Waals surface area (Å²) < 4.78 is 5.37. The van der Waals surface area contributed by atoms with E-state index in [1.165, 1.54) is 11.8 Å². The first-order chi connectivity index (χ1) is 7.58. The Bertz CT molecular complexity index is 253. The number of nitrogens with two attached hydrogens (primary N) is 1. The molecule has 0 spiro atoms. The average Bonchev–Trinajstić information content (AvgIpc) is 2.16. The van der Waals surface area contributed by atoms with Crippen LogP contribution in [0.3, 0.4) is 0 Å². The Balaban J connectivity index is 2.39. The van der Waals surface area contributed by atoms with Crippen LogP contribution < -0.4 is 5.73 Å². The molecule has 2 atom stereocenters. The van der Waals surface area contributed by atoms with Crippen molar-refractivity contribution in [2.24, 2.45) is 5.73 Å². The fourth-order valence-electron chi connectivity index (χ4n) is 1.62. The van der Waals surface area contributed by atoms with Crippen LogP contribution in [-0.4, -0.2) is 22.7 Å². The molecular formula is C12H21NO2S. The van der Waals surface area contributed by atoms with Gasteiger partial charge in [-0.25, -0.2) is 4.79 Å². The minimum atomic E-state index is -0.182. The molecule has 0 aliphatic heterocycles. The van der Waals surface area contributed by atoms with Gasteiger partial charge in [0.05, 0.1) is 0 Å². The second-order valence-corrected chi connectivity index (χ2v) is 5.93. The normalized spacial score (nSPS) is 28.2. The minimum absolute atomic E-state index is 0.0925. The number of hydrogen-bond donors (Lipinski definition) is 1. The molecule has 1 aliphatic rings. The van der Waals surface area contributed by atoms with Crippen LogP contribution in [0.2, 0.25) is 0 Å². The van der Waals surface area contributed by atoms with Crippen LogP contribution in [0.4, 0.5) is 4.79 Å². The standard InChI is InChI=1S/C12H21NO2S/c1-9(2)16-12(14)15-11-6-4-3-5-10(13)7-8-11/h4,6,9-11H,3,5,7-8,13H2,1-2H3/b6-4+.